The Morgan fingerprint density at radius 3 is 2.51 bits per heavy atom. The van der Waals surface area contributed by atoms with Crippen molar-refractivity contribution in [3.05, 3.63) is 75.7 Å². The Morgan fingerprint density at radius 1 is 1.00 bits per heavy atom. The van der Waals surface area contributed by atoms with E-state index in [-0.39, 0.29) is 30.2 Å². The van der Waals surface area contributed by atoms with Crippen LogP contribution in [0.15, 0.2) is 59.5 Å². The van der Waals surface area contributed by atoms with Gasteiger partial charge in [0.25, 0.3) is 11.5 Å². The molecule has 1 fully saturated rings. The molecule has 0 radical (unpaired) electrons. The van der Waals surface area contributed by atoms with Crippen LogP contribution in [-0.2, 0) is 4.79 Å². The number of fused-ring (bicyclic) bond motifs is 1. The first-order chi connectivity index (χ1) is 17.0. The zero-order valence-corrected chi connectivity index (χ0v) is 19.4. The third kappa shape index (κ3) is 4.65. The molecular formula is C24H22ClN5O5. The van der Waals surface area contributed by atoms with Crippen molar-refractivity contribution in [1.82, 2.24) is 20.0 Å². The van der Waals surface area contributed by atoms with Gasteiger partial charge in [0.05, 0.1) is 24.1 Å². The normalized spacial score (nSPS) is 14.7. The molecule has 0 saturated carbocycles. The molecule has 0 atom stereocenters. The van der Waals surface area contributed by atoms with Gasteiger partial charge in [-0.25, -0.2) is 0 Å². The van der Waals surface area contributed by atoms with E-state index in [9.17, 15) is 14.4 Å². The number of hydrogen-bond acceptors (Lipinski definition) is 7. The van der Waals surface area contributed by atoms with E-state index in [1.54, 1.807) is 41.4 Å². The third-order valence-corrected chi connectivity index (χ3v) is 6.26. The molecule has 1 aromatic heterocycles. The standard InChI is InChI=1S/C24H22ClN5O5/c25-22-18(13-27-30(24(22)33)17-4-2-1-3-5-17)28-8-10-29(11-9-28)21(31)14-26-23(32)16-6-7-19-20(12-16)35-15-34-19/h1-7,12-13H,8-11,14-15H2,(H,26,32). The van der Waals surface area contributed by atoms with Gasteiger partial charge in [-0.05, 0) is 30.3 Å². The van der Waals surface area contributed by atoms with E-state index < -0.39 is 5.56 Å². The molecular weight excluding hydrogens is 474 g/mol. The lowest BCUT2D eigenvalue weighted by molar-refractivity contribution is -0.130. The third-order valence-electron chi connectivity index (χ3n) is 5.91. The second-order valence-corrected chi connectivity index (χ2v) is 8.39. The summed E-state index contributed by atoms with van der Waals surface area (Å²) >= 11 is 6.40. The average Bonchev–Trinajstić information content (AvgIpc) is 3.37. The minimum Gasteiger partial charge on any atom is -0.454 e. The smallest absolute Gasteiger partial charge is 0.292 e. The van der Waals surface area contributed by atoms with Crippen LogP contribution in [-0.4, -0.2) is 66.0 Å². The van der Waals surface area contributed by atoms with Gasteiger partial charge in [0.15, 0.2) is 11.5 Å². The highest BCUT2D eigenvalue weighted by atomic mass is 35.5. The molecule has 0 spiro atoms. The summed E-state index contributed by atoms with van der Waals surface area (Å²) in [5, 5.41) is 7.01. The van der Waals surface area contributed by atoms with E-state index >= 15 is 0 Å². The fourth-order valence-corrected chi connectivity index (χ4v) is 4.25. The molecule has 0 unspecified atom stereocenters. The van der Waals surface area contributed by atoms with Crippen molar-refractivity contribution in [3.8, 4) is 17.2 Å². The predicted molar refractivity (Wildman–Crippen MR) is 129 cm³/mol. The van der Waals surface area contributed by atoms with Gasteiger partial charge in [-0.2, -0.15) is 9.78 Å². The van der Waals surface area contributed by atoms with Crippen LogP contribution >= 0.6 is 11.6 Å². The lowest BCUT2D eigenvalue weighted by Gasteiger charge is -2.36. The minimum absolute atomic E-state index is 0.0830. The highest BCUT2D eigenvalue weighted by Gasteiger charge is 2.25. The topological polar surface area (TPSA) is 106 Å². The van der Waals surface area contributed by atoms with Gasteiger partial charge >= 0.3 is 0 Å². The minimum atomic E-state index is -0.403. The summed E-state index contributed by atoms with van der Waals surface area (Å²) in [6.45, 7) is 1.82. The number of carbonyl (C=O) groups excluding carboxylic acids is 2. The maximum Gasteiger partial charge on any atom is 0.292 e. The number of anilines is 1. The van der Waals surface area contributed by atoms with E-state index in [1.165, 1.54) is 4.68 Å². The monoisotopic (exact) mass is 495 g/mol. The molecule has 3 aromatic rings. The van der Waals surface area contributed by atoms with Crippen molar-refractivity contribution >= 4 is 29.1 Å². The molecule has 180 valence electrons. The van der Waals surface area contributed by atoms with Crippen LogP contribution in [0.1, 0.15) is 10.4 Å². The van der Waals surface area contributed by atoms with Crippen LogP contribution in [0.3, 0.4) is 0 Å². The number of benzene rings is 2. The number of amides is 2. The molecule has 3 heterocycles. The van der Waals surface area contributed by atoms with E-state index in [1.807, 2.05) is 23.1 Å². The largest absolute Gasteiger partial charge is 0.454 e. The SMILES string of the molecule is O=C(NCC(=O)N1CCN(c2cnn(-c3ccccc3)c(=O)c2Cl)CC1)c1ccc2c(c1)OCO2. The summed E-state index contributed by atoms with van der Waals surface area (Å²) in [6.07, 6.45) is 1.57. The first kappa shape index (κ1) is 22.7. The fourth-order valence-electron chi connectivity index (χ4n) is 4.00. The average molecular weight is 496 g/mol. The Balaban J connectivity index is 1.17. The summed E-state index contributed by atoms with van der Waals surface area (Å²) in [4.78, 5) is 41.4. The molecule has 35 heavy (non-hydrogen) atoms. The van der Waals surface area contributed by atoms with Gasteiger partial charge in [-0.15, -0.1) is 0 Å². The fraction of sp³-hybridized carbons (Fsp3) is 0.250. The molecule has 2 amide bonds. The van der Waals surface area contributed by atoms with Crippen LogP contribution in [0.25, 0.3) is 5.69 Å². The Hall–Kier alpha value is -4.05. The molecule has 0 aliphatic carbocycles. The van der Waals surface area contributed by atoms with Gasteiger partial charge < -0.3 is 24.6 Å². The second-order valence-electron chi connectivity index (χ2n) is 8.01. The summed E-state index contributed by atoms with van der Waals surface area (Å²) in [6, 6.07) is 13.9. The number of nitrogens with zero attached hydrogens (tertiary/aromatic N) is 4. The number of nitrogens with one attached hydrogen (secondary N) is 1. The van der Waals surface area contributed by atoms with Gasteiger partial charge in [-0.3, -0.25) is 14.4 Å². The van der Waals surface area contributed by atoms with E-state index in [2.05, 4.69) is 10.4 Å². The Bertz CT molecular complexity index is 1320. The maximum atomic E-state index is 12.8. The van der Waals surface area contributed by atoms with Crippen LogP contribution < -0.4 is 25.2 Å². The van der Waals surface area contributed by atoms with Crippen molar-refractivity contribution in [3.63, 3.8) is 0 Å². The molecule has 0 bridgehead atoms. The quantitative estimate of drug-likeness (QED) is 0.574. The number of para-hydroxylation sites is 1. The van der Waals surface area contributed by atoms with Crippen LogP contribution in [0.4, 0.5) is 5.69 Å². The molecule has 2 aliphatic rings. The highest BCUT2D eigenvalue weighted by molar-refractivity contribution is 6.33. The summed E-state index contributed by atoms with van der Waals surface area (Å²) in [5.74, 6) is 0.530. The van der Waals surface area contributed by atoms with Gasteiger partial charge in [0.1, 0.15) is 5.02 Å². The van der Waals surface area contributed by atoms with Gasteiger partial charge in [-0.1, -0.05) is 29.8 Å². The number of ether oxygens (including phenoxy) is 2. The summed E-state index contributed by atoms with van der Waals surface area (Å²) < 4.78 is 11.8. The number of hydrogen-bond donors (Lipinski definition) is 1. The van der Waals surface area contributed by atoms with Crippen LogP contribution in [0, 0.1) is 0 Å². The van der Waals surface area contributed by atoms with Gasteiger partial charge in [0.2, 0.25) is 12.7 Å². The van der Waals surface area contributed by atoms with Crippen LogP contribution in [0.5, 0.6) is 11.5 Å². The number of aromatic nitrogens is 2. The zero-order valence-electron chi connectivity index (χ0n) is 18.6. The molecule has 1 N–H and O–H groups in total. The van der Waals surface area contributed by atoms with E-state index in [0.29, 0.717) is 54.6 Å². The van der Waals surface area contributed by atoms with E-state index in [0.717, 1.165) is 0 Å². The summed E-state index contributed by atoms with van der Waals surface area (Å²) in [7, 11) is 0. The zero-order chi connectivity index (χ0) is 24.4. The highest BCUT2D eigenvalue weighted by Crippen LogP contribution is 2.32. The Morgan fingerprint density at radius 2 is 1.74 bits per heavy atom. The molecule has 2 aromatic carbocycles. The van der Waals surface area contributed by atoms with Crippen molar-refractivity contribution < 1.29 is 19.1 Å². The Labute approximate surface area is 205 Å². The Kier molecular flexibility index (Phi) is 6.28. The van der Waals surface area contributed by atoms with Crippen molar-refractivity contribution in [1.29, 1.82) is 0 Å². The maximum absolute atomic E-state index is 12.8. The molecule has 2 aliphatic heterocycles. The molecule has 1 saturated heterocycles. The number of rotatable bonds is 5. The van der Waals surface area contributed by atoms with E-state index in [4.69, 9.17) is 21.1 Å². The molecule has 5 rings (SSSR count). The lowest BCUT2D eigenvalue weighted by Crippen LogP contribution is -2.51. The first-order valence-electron chi connectivity index (χ1n) is 11.0. The number of halogens is 1. The lowest BCUT2D eigenvalue weighted by atomic mass is 10.2. The number of carbonyl (C=O) groups is 2. The van der Waals surface area contributed by atoms with Crippen molar-refractivity contribution in [2.24, 2.45) is 0 Å². The van der Waals surface area contributed by atoms with Crippen LogP contribution in [0.2, 0.25) is 5.02 Å². The molecule has 11 heteroatoms. The van der Waals surface area contributed by atoms with Gasteiger partial charge in [0, 0.05) is 31.7 Å². The predicted octanol–water partition coefficient (Wildman–Crippen LogP) is 1.69. The van der Waals surface area contributed by atoms with Crippen molar-refractivity contribution in [2.75, 3.05) is 44.4 Å². The number of piperazine rings is 1. The van der Waals surface area contributed by atoms with Crippen molar-refractivity contribution in [2.45, 2.75) is 0 Å². The summed E-state index contributed by atoms with van der Waals surface area (Å²) in [5.41, 5.74) is 1.15. The second kappa shape index (κ2) is 9.67. The first-order valence-corrected chi connectivity index (χ1v) is 11.4. The molecule has 10 nitrogen and oxygen atoms in total.